The number of rotatable bonds is 0. The molecule has 1 N–H and O–H groups in total. The van der Waals surface area contributed by atoms with Crippen molar-refractivity contribution in [2.45, 2.75) is 19.3 Å². The second-order valence-electron chi connectivity index (χ2n) is 3.62. The molecule has 1 spiro atoms. The lowest BCUT2D eigenvalue weighted by Crippen LogP contribution is -2.34. The van der Waals surface area contributed by atoms with Gasteiger partial charge < -0.3 is 5.32 Å². The molecule has 2 saturated heterocycles. The lowest BCUT2D eigenvalue weighted by Gasteiger charge is -2.30. The Morgan fingerprint density at radius 1 is 1.36 bits per heavy atom. The minimum atomic E-state index is 0.229. The van der Waals surface area contributed by atoms with Crippen LogP contribution < -0.4 is 10.6 Å². The van der Waals surface area contributed by atoms with Crippen LogP contribution in [-0.2, 0) is 4.79 Å². The van der Waals surface area contributed by atoms with E-state index in [2.05, 4.69) is 10.6 Å². The first kappa shape index (κ1) is 7.10. The van der Waals surface area contributed by atoms with Crippen molar-refractivity contribution in [1.82, 2.24) is 10.6 Å². The largest absolute Gasteiger partial charge is 0.356 e. The van der Waals surface area contributed by atoms with Gasteiger partial charge in [-0.15, -0.1) is 0 Å². The fourth-order valence-corrected chi connectivity index (χ4v) is 1.97. The molecule has 2 rings (SSSR count). The van der Waals surface area contributed by atoms with Crippen LogP contribution in [0.5, 0.6) is 0 Å². The first-order chi connectivity index (χ1) is 5.31. The number of amides is 1. The standard InChI is InChI=1S/C8H13N2O/c11-7-5-8(6-10-7)1-3-9-4-2-8/h1-6H2,(H,10,11). The second-order valence-corrected chi connectivity index (χ2v) is 3.62. The van der Waals surface area contributed by atoms with Crippen molar-refractivity contribution in [3.05, 3.63) is 0 Å². The van der Waals surface area contributed by atoms with Gasteiger partial charge in [0, 0.05) is 26.1 Å². The average Bonchev–Trinajstić information content (AvgIpc) is 2.34. The predicted octanol–water partition coefficient (Wildman–Crippen LogP) is -0.109. The van der Waals surface area contributed by atoms with Crippen LogP contribution in [0.3, 0.4) is 0 Å². The molecule has 3 nitrogen and oxygen atoms in total. The van der Waals surface area contributed by atoms with Gasteiger partial charge in [-0.2, -0.15) is 0 Å². The summed E-state index contributed by atoms with van der Waals surface area (Å²) in [6.45, 7) is 2.80. The van der Waals surface area contributed by atoms with Gasteiger partial charge in [0.15, 0.2) is 0 Å². The highest BCUT2D eigenvalue weighted by Gasteiger charge is 2.39. The van der Waals surface area contributed by atoms with Gasteiger partial charge in [0.25, 0.3) is 0 Å². The van der Waals surface area contributed by atoms with E-state index in [0.29, 0.717) is 5.41 Å². The van der Waals surface area contributed by atoms with Crippen LogP contribution in [0.25, 0.3) is 0 Å². The molecule has 0 saturated carbocycles. The summed E-state index contributed by atoms with van der Waals surface area (Å²) in [5, 5.41) is 7.18. The van der Waals surface area contributed by atoms with Crippen LogP contribution in [0, 0.1) is 5.41 Å². The van der Waals surface area contributed by atoms with Crippen molar-refractivity contribution >= 4 is 5.91 Å². The molecule has 1 radical (unpaired) electrons. The molecular weight excluding hydrogens is 140 g/mol. The second kappa shape index (κ2) is 2.48. The summed E-state index contributed by atoms with van der Waals surface area (Å²) in [6.07, 6.45) is 2.94. The van der Waals surface area contributed by atoms with Gasteiger partial charge >= 0.3 is 0 Å². The number of hydrogen-bond acceptors (Lipinski definition) is 1. The minimum absolute atomic E-state index is 0.229. The monoisotopic (exact) mass is 153 g/mol. The van der Waals surface area contributed by atoms with Crippen LogP contribution in [0.1, 0.15) is 19.3 Å². The summed E-state index contributed by atoms with van der Waals surface area (Å²) < 4.78 is 0. The Kier molecular flexibility index (Phi) is 1.60. The molecule has 0 aromatic heterocycles. The van der Waals surface area contributed by atoms with Crippen molar-refractivity contribution in [2.24, 2.45) is 5.41 Å². The molecule has 2 heterocycles. The Labute approximate surface area is 66.5 Å². The summed E-state index contributed by atoms with van der Waals surface area (Å²) in [7, 11) is 0. The van der Waals surface area contributed by atoms with Gasteiger partial charge in [-0.1, -0.05) is 0 Å². The Morgan fingerprint density at radius 2 is 2.09 bits per heavy atom. The van der Waals surface area contributed by atoms with Crippen LogP contribution in [0.15, 0.2) is 0 Å². The van der Waals surface area contributed by atoms with Gasteiger partial charge in [-0.25, -0.2) is 5.32 Å². The summed E-state index contributed by atoms with van der Waals surface area (Å²) in [5.74, 6) is 0.229. The number of hydrogen-bond donors (Lipinski definition) is 1. The Balaban J connectivity index is 2.03. The minimum Gasteiger partial charge on any atom is -0.356 e. The van der Waals surface area contributed by atoms with E-state index in [4.69, 9.17) is 0 Å². The molecule has 11 heavy (non-hydrogen) atoms. The molecule has 61 valence electrons. The maximum atomic E-state index is 11.0. The van der Waals surface area contributed by atoms with Gasteiger partial charge in [0.2, 0.25) is 5.91 Å². The summed E-state index contributed by atoms with van der Waals surface area (Å²) >= 11 is 0. The fraction of sp³-hybridized carbons (Fsp3) is 0.875. The lowest BCUT2D eigenvalue weighted by molar-refractivity contribution is -0.119. The van der Waals surface area contributed by atoms with E-state index < -0.39 is 0 Å². The highest BCUT2D eigenvalue weighted by Crippen LogP contribution is 2.35. The van der Waals surface area contributed by atoms with Crippen LogP contribution in [0.4, 0.5) is 0 Å². The average molecular weight is 153 g/mol. The molecule has 2 aliphatic heterocycles. The van der Waals surface area contributed by atoms with Crippen molar-refractivity contribution in [1.29, 1.82) is 0 Å². The van der Waals surface area contributed by atoms with Gasteiger partial charge in [-0.05, 0) is 18.3 Å². The molecule has 3 heteroatoms. The van der Waals surface area contributed by atoms with E-state index in [9.17, 15) is 4.79 Å². The highest BCUT2D eigenvalue weighted by molar-refractivity contribution is 5.79. The molecule has 0 unspecified atom stereocenters. The Morgan fingerprint density at radius 3 is 2.64 bits per heavy atom. The Hall–Kier alpha value is -0.570. The van der Waals surface area contributed by atoms with Gasteiger partial charge in [-0.3, -0.25) is 4.79 Å². The highest BCUT2D eigenvalue weighted by atomic mass is 16.1. The van der Waals surface area contributed by atoms with Crippen molar-refractivity contribution in [3.8, 4) is 0 Å². The van der Waals surface area contributed by atoms with E-state index in [1.54, 1.807) is 0 Å². The normalized spacial score (nSPS) is 28.9. The zero-order valence-corrected chi connectivity index (χ0v) is 6.60. The third-order valence-electron chi connectivity index (χ3n) is 2.80. The fourth-order valence-electron chi connectivity index (χ4n) is 1.97. The molecule has 0 atom stereocenters. The molecule has 0 aliphatic carbocycles. The number of carbonyl (C=O) groups excluding carboxylic acids is 1. The maximum Gasteiger partial charge on any atom is 0.220 e. The molecule has 1 amide bonds. The topological polar surface area (TPSA) is 43.2 Å². The predicted molar refractivity (Wildman–Crippen MR) is 41.2 cm³/mol. The first-order valence-electron chi connectivity index (χ1n) is 4.21. The van der Waals surface area contributed by atoms with Crippen LogP contribution in [0.2, 0.25) is 0 Å². The number of nitrogens with zero attached hydrogens (tertiary/aromatic N) is 1. The Bertz CT molecular complexity index is 173. The third kappa shape index (κ3) is 1.25. The quantitative estimate of drug-likeness (QED) is 0.518. The van der Waals surface area contributed by atoms with Gasteiger partial charge in [0.05, 0.1) is 0 Å². The molecular formula is C8H13N2O. The van der Waals surface area contributed by atoms with E-state index in [1.165, 1.54) is 0 Å². The van der Waals surface area contributed by atoms with E-state index in [1.807, 2.05) is 0 Å². The number of piperidine rings is 1. The molecule has 0 aromatic carbocycles. The van der Waals surface area contributed by atoms with E-state index in [-0.39, 0.29) is 5.91 Å². The summed E-state index contributed by atoms with van der Waals surface area (Å²) in [5.41, 5.74) is 0.291. The molecule has 0 bridgehead atoms. The van der Waals surface area contributed by atoms with Crippen molar-refractivity contribution in [2.75, 3.05) is 19.6 Å². The van der Waals surface area contributed by atoms with E-state index >= 15 is 0 Å². The van der Waals surface area contributed by atoms with Crippen molar-refractivity contribution in [3.63, 3.8) is 0 Å². The number of carbonyl (C=O) groups is 1. The number of nitrogens with one attached hydrogen (secondary N) is 1. The van der Waals surface area contributed by atoms with Crippen LogP contribution >= 0.6 is 0 Å². The summed E-state index contributed by atoms with van der Waals surface area (Å²) in [4.78, 5) is 11.0. The van der Waals surface area contributed by atoms with E-state index in [0.717, 1.165) is 38.9 Å². The molecule has 0 aromatic rings. The zero-order chi connectivity index (χ0) is 7.73. The smallest absolute Gasteiger partial charge is 0.220 e. The zero-order valence-electron chi connectivity index (χ0n) is 6.60. The molecule has 2 aliphatic rings. The third-order valence-corrected chi connectivity index (χ3v) is 2.80. The lowest BCUT2D eigenvalue weighted by atomic mass is 9.78. The SMILES string of the molecule is O=C1CC2(CC[N]CC2)CN1. The van der Waals surface area contributed by atoms with Crippen molar-refractivity contribution < 1.29 is 4.79 Å². The van der Waals surface area contributed by atoms with Gasteiger partial charge in [0.1, 0.15) is 0 Å². The van der Waals surface area contributed by atoms with Crippen LogP contribution in [-0.4, -0.2) is 25.5 Å². The summed E-state index contributed by atoms with van der Waals surface area (Å²) in [6, 6.07) is 0. The maximum absolute atomic E-state index is 11.0. The molecule has 2 fully saturated rings. The first-order valence-corrected chi connectivity index (χ1v) is 4.21.